The van der Waals surface area contributed by atoms with Crippen LogP contribution in [0.4, 0.5) is 4.79 Å². The molecular weight excluding hydrogens is 418 g/mol. The minimum absolute atomic E-state index is 0.0814. The molecule has 1 aliphatic rings. The maximum atomic E-state index is 12.5. The summed E-state index contributed by atoms with van der Waals surface area (Å²) in [7, 11) is 0. The van der Waals surface area contributed by atoms with E-state index in [9.17, 15) is 14.7 Å². The van der Waals surface area contributed by atoms with Gasteiger partial charge in [0.05, 0.1) is 6.61 Å². The lowest BCUT2D eigenvalue weighted by atomic mass is 9.98. The third-order valence-electron chi connectivity index (χ3n) is 5.77. The zero-order valence-corrected chi connectivity index (χ0v) is 18.5. The third-order valence-corrected chi connectivity index (χ3v) is 5.77. The summed E-state index contributed by atoms with van der Waals surface area (Å²) < 4.78 is 11.0. The molecule has 0 saturated heterocycles. The van der Waals surface area contributed by atoms with Crippen LogP contribution in [0.25, 0.3) is 11.1 Å². The summed E-state index contributed by atoms with van der Waals surface area (Å²) in [6, 6.07) is 22.2. The normalized spacial score (nSPS) is 13.0. The van der Waals surface area contributed by atoms with Gasteiger partial charge >= 0.3 is 12.1 Å². The Kier molecular flexibility index (Phi) is 6.93. The molecule has 0 bridgehead atoms. The number of amides is 1. The Morgan fingerprint density at radius 1 is 0.939 bits per heavy atom. The molecule has 0 spiro atoms. The van der Waals surface area contributed by atoms with E-state index in [1.54, 1.807) is 24.3 Å². The van der Waals surface area contributed by atoms with Crippen LogP contribution >= 0.6 is 0 Å². The molecule has 0 radical (unpaired) electrons. The van der Waals surface area contributed by atoms with Crippen LogP contribution in [0.5, 0.6) is 5.75 Å². The van der Waals surface area contributed by atoms with Crippen LogP contribution in [-0.4, -0.2) is 36.4 Å². The number of carbonyl (C=O) groups is 2. The zero-order valence-electron chi connectivity index (χ0n) is 18.5. The molecule has 6 nitrogen and oxygen atoms in total. The molecule has 170 valence electrons. The van der Waals surface area contributed by atoms with E-state index in [0.29, 0.717) is 6.61 Å². The Bertz CT molecular complexity index is 1080. The van der Waals surface area contributed by atoms with Gasteiger partial charge in [0.2, 0.25) is 0 Å². The van der Waals surface area contributed by atoms with E-state index >= 15 is 0 Å². The van der Waals surface area contributed by atoms with E-state index in [1.807, 2.05) is 43.3 Å². The van der Waals surface area contributed by atoms with Gasteiger partial charge < -0.3 is 19.9 Å². The quantitative estimate of drug-likeness (QED) is 0.484. The molecule has 0 aromatic heterocycles. The summed E-state index contributed by atoms with van der Waals surface area (Å²) in [6.07, 6.45) is 0.313. The van der Waals surface area contributed by atoms with Crippen molar-refractivity contribution < 1.29 is 24.2 Å². The molecule has 3 aromatic rings. The van der Waals surface area contributed by atoms with Crippen molar-refractivity contribution >= 4 is 12.1 Å². The Morgan fingerprint density at radius 3 is 2.12 bits per heavy atom. The summed E-state index contributed by atoms with van der Waals surface area (Å²) in [5.41, 5.74) is 5.26. The minimum atomic E-state index is -1.12. The van der Waals surface area contributed by atoms with Crippen LogP contribution in [0.1, 0.15) is 36.0 Å². The number of ether oxygens (including phenoxy) is 2. The monoisotopic (exact) mass is 445 g/mol. The van der Waals surface area contributed by atoms with Crippen molar-refractivity contribution in [3.05, 3.63) is 89.5 Å². The number of carbonyl (C=O) groups excluding carboxylic acids is 1. The smallest absolute Gasteiger partial charge is 0.407 e. The van der Waals surface area contributed by atoms with E-state index in [-0.39, 0.29) is 18.9 Å². The first-order chi connectivity index (χ1) is 16.1. The lowest BCUT2D eigenvalue weighted by Crippen LogP contribution is -2.42. The van der Waals surface area contributed by atoms with Crippen molar-refractivity contribution in [3.63, 3.8) is 0 Å². The number of carboxylic acids is 1. The number of alkyl carbamates (subject to hydrolysis) is 1. The van der Waals surface area contributed by atoms with Gasteiger partial charge in [0.1, 0.15) is 18.4 Å². The van der Waals surface area contributed by atoms with Gasteiger partial charge in [-0.05, 0) is 46.4 Å². The second kappa shape index (κ2) is 10.2. The van der Waals surface area contributed by atoms with Gasteiger partial charge in [-0.25, -0.2) is 9.59 Å². The minimum Gasteiger partial charge on any atom is -0.494 e. The first-order valence-electron chi connectivity index (χ1n) is 11.1. The zero-order chi connectivity index (χ0) is 23.2. The molecule has 4 rings (SSSR count). The molecule has 0 fully saturated rings. The van der Waals surface area contributed by atoms with Crippen molar-refractivity contribution in [1.82, 2.24) is 5.32 Å². The number of fused-ring (bicyclic) bond motifs is 3. The summed E-state index contributed by atoms with van der Waals surface area (Å²) in [4.78, 5) is 24.2. The van der Waals surface area contributed by atoms with Crippen molar-refractivity contribution in [2.75, 3.05) is 13.2 Å². The lowest BCUT2D eigenvalue weighted by Gasteiger charge is -2.17. The fourth-order valence-corrected chi connectivity index (χ4v) is 4.16. The van der Waals surface area contributed by atoms with Crippen molar-refractivity contribution in [2.45, 2.75) is 31.7 Å². The van der Waals surface area contributed by atoms with Gasteiger partial charge in [-0.15, -0.1) is 0 Å². The van der Waals surface area contributed by atoms with Gasteiger partial charge in [-0.1, -0.05) is 67.6 Å². The first-order valence-corrected chi connectivity index (χ1v) is 11.1. The molecule has 0 heterocycles. The second-order valence-electron chi connectivity index (χ2n) is 8.06. The summed E-state index contributed by atoms with van der Waals surface area (Å²) in [5, 5.41) is 12.1. The molecule has 0 unspecified atom stereocenters. The van der Waals surface area contributed by atoms with Crippen LogP contribution in [-0.2, 0) is 16.0 Å². The average molecular weight is 446 g/mol. The first kappa shape index (κ1) is 22.4. The topological polar surface area (TPSA) is 84.9 Å². The number of carboxylic acid groups (broad SMARTS) is 1. The highest BCUT2D eigenvalue weighted by molar-refractivity contribution is 5.81. The molecule has 1 amide bonds. The molecule has 2 N–H and O–H groups in total. The fourth-order valence-electron chi connectivity index (χ4n) is 4.16. The van der Waals surface area contributed by atoms with Gasteiger partial charge in [0.15, 0.2) is 0 Å². The van der Waals surface area contributed by atoms with Gasteiger partial charge in [0.25, 0.3) is 0 Å². The Morgan fingerprint density at radius 2 is 1.55 bits per heavy atom. The van der Waals surface area contributed by atoms with Gasteiger partial charge in [0, 0.05) is 12.3 Å². The fraction of sp³-hybridized carbons (Fsp3) is 0.259. The highest BCUT2D eigenvalue weighted by Gasteiger charge is 2.29. The van der Waals surface area contributed by atoms with E-state index in [1.165, 1.54) is 0 Å². The number of hydrogen-bond acceptors (Lipinski definition) is 4. The summed E-state index contributed by atoms with van der Waals surface area (Å²) >= 11 is 0. The maximum Gasteiger partial charge on any atom is 0.407 e. The van der Waals surface area contributed by atoms with Gasteiger partial charge in [-0.3, -0.25) is 0 Å². The predicted octanol–water partition coefficient (Wildman–Crippen LogP) is 5.01. The molecule has 1 aliphatic carbocycles. The molecular formula is C27H27NO5. The van der Waals surface area contributed by atoms with Crippen molar-refractivity contribution in [3.8, 4) is 16.9 Å². The Hall–Kier alpha value is -3.80. The van der Waals surface area contributed by atoms with Crippen LogP contribution in [0, 0.1) is 0 Å². The Labute approximate surface area is 193 Å². The predicted molar refractivity (Wildman–Crippen MR) is 126 cm³/mol. The number of hydrogen-bond donors (Lipinski definition) is 2. The van der Waals surface area contributed by atoms with Crippen LogP contribution < -0.4 is 10.1 Å². The molecule has 1 atom stereocenters. The molecule has 3 aromatic carbocycles. The number of aliphatic carboxylic acids is 1. The molecule has 0 saturated carbocycles. The summed E-state index contributed by atoms with van der Waals surface area (Å²) in [5.74, 6) is -0.464. The van der Waals surface area contributed by atoms with E-state index in [4.69, 9.17) is 9.47 Å². The molecule has 0 aliphatic heterocycles. The van der Waals surface area contributed by atoms with Crippen LogP contribution in [0.2, 0.25) is 0 Å². The summed E-state index contributed by atoms with van der Waals surface area (Å²) in [6.45, 7) is 2.79. The van der Waals surface area contributed by atoms with Crippen molar-refractivity contribution in [2.24, 2.45) is 0 Å². The largest absolute Gasteiger partial charge is 0.494 e. The maximum absolute atomic E-state index is 12.5. The SMILES string of the molecule is CCCOc1ccc(C[C@H](NC(=O)OCC2c3ccccc3-c3ccccc32)C(=O)O)cc1. The molecule has 6 heteroatoms. The van der Waals surface area contributed by atoms with E-state index in [2.05, 4.69) is 17.4 Å². The van der Waals surface area contributed by atoms with E-state index in [0.717, 1.165) is 40.0 Å². The standard InChI is InChI=1S/C27H27NO5/c1-2-15-32-19-13-11-18(12-14-19)16-25(26(29)30)28-27(31)33-17-24-22-9-5-3-7-20(22)21-8-4-6-10-23(21)24/h3-14,24-25H,2,15-17H2,1H3,(H,28,31)(H,29,30)/t25-/m0/s1. The average Bonchev–Trinajstić information content (AvgIpc) is 3.15. The third kappa shape index (κ3) is 5.17. The van der Waals surface area contributed by atoms with Crippen molar-refractivity contribution in [1.29, 1.82) is 0 Å². The van der Waals surface area contributed by atoms with Crippen LogP contribution in [0.15, 0.2) is 72.8 Å². The lowest BCUT2D eigenvalue weighted by molar-refractivity contribution is -0.139. The number of rotatable bonds is 9. The second-order valence-corrected chi connectivity index (χ2v) is 8.06. The number of nitrogens with one attached hydrogen (secondary N) is 1. The van der Waals surface area contributed by atoms with E-state index < -0.39 is 18.1 Å². The van der Waals surface area contributed by atoms with Crippen LogP contribution in [0.3, 0.4) is 0 Å². The molecule has 33 heavy (non-hydrogen) atoms. The Balaban J connectivity index is 1.38. The number of benzene rings is 3. The van der Waals surface area contributed by atoms with Gasteiger partial charge in [-0.2, -0.15) is 0 Å². The highest BCUT2D eigenvalue weighted by Crippen LogP contribution is 2.44. The highest BCUT2D eigenvalue weighted by atomic mass is 16.5.